The number of thiophene rings is 1. The Morgan fingerprint density at radius 2 is 2.00 bits per heavy atom. The van der Waals surface area contributed by atoms with Crippen LogP contribution in [0.15, 0.2) is 12.1 Å². The number of rotatable bonds is 4. The minimum Gasteiger partial charge on any atom is -0.338 e. The Kier molecular flexibility index (Phi) is 5.53. The average Bonchev–Trinajstić information content (AvgIpc) is 3.03. The zero-order chi connectivity index (χ0) is 15.4. The minimum atomic E-state index is 0.257. The number of hydrogen-bond donors (Lipinski definition) is 0. The van der Waals surface area contributed by atoms with Crippen LogP contribution in [0.5, 0.6) is 0 Å². The number of piperidine rings is 2. The third-order valence-electron chi connectivity index (χ3n) is 5.08. The van der Waals surface area contributed by atoms with E-state index in [0.29, 0.717) is 5.92 Å². The van der Waals surface area contributed by atoms with Crippen LogP contribution in [0.4, 0.5) is 0 Å². The molecule has 1 aromatic rings. The van der Waals surface area contributed by atoms with Crippen molar-refractivity contribution in [1.82, 2.24) is 9.80 Å². The lowest BCUT2D eigenvalue weighted by molar-refractivity contribution is 0.0676. The SMILES string of the molecule is CC[C@H]1CCCN(C(=O)c2ccc(CN3CCCCC3)s2)C1. The topological polar surface area (TPSA) is 23.6 Å². The van der Waals surface area contributed by atoms with Gasteiger partial charge in [0.25, 0.3) is 5.91 Å². The fourth-order valence-electron chi connectivity index (χ4n) is 3.65. The summed E-state index contributed by atoms with van der Waals surface area (Å²) in [5, 5.41) is 0. The van der Waals surface area contributed by atoms with Gasteiger partial charge >= 0.3 is 0 Å². The van der Waals surface area contributed by atoms with Crippen molar-refractivity contribution in [3.63, 3.8) is 0 Å². The van der Waals surface area contributed by atoms with E-state index in [1.165, 1.54) is 50.1 Å². The Hall–Kier alpha value is -0.870. The molecule has 1 amide bonds. The van der Waals surface area contributed by atoms with E-state index in [1.807, 2.05) is 6.07 Å². The molecule has 0 N–H and O–H groups in total. The molecular formula is C18H28N2OS. The van der Waals surface area contributed by atoms with Crippen LogP contribution in [0.1, 0.15) is 60.0 Å². The standard InChI is InChI=1S/C18H28N2OS/c1-2-15-7-6-12-20(13-15)18(21)17-9-8-16(22-17)14-19-10-4-3-5-11-19/h8-9,15H,2-7,10-14H2,1H3/t15-/m0/s1. The van der Waals surface area contributed by atoms with Crippen molar-refractivity contribution in [3.05, 3.63) is 21.9 Å². The second kappa shape index (κ2) is 7.60. The van der Waals surface area contributed by atoms with Gasteiger partial charge in [0.2, 0.25) is 0 Å². The molecule has 2 aliphatic heterocycles. The van der Waals surface area contributed by atoms with Gasteiger partial charge in [0.15, 0.2) is 0 Å². The third-order valence-corrected chi connectivity index (χ3v) is 6.14. The molecule has 0 aromatic carbocycles. The molecule has 0 bridgehead atoms. The third kappa shape index (κ3) is 3.90. The monoisotopic (exact) mass is 320 g/mol. The normalized spacial score (nSPS) is 23.7. The van der Waals surface area contributed by atoms with Gasteiger partial charge in [-0.1, -0.05) is 19.8 Å². The van der Waals surface area contributed by atoms with Crippen LogP contribution in [0, 0.1) is 5.92 Å². The van der Waals surface area contributed by atoms with Crippen LogP contribution in [-0.4, -0.2) is 41.9 Å². The Balaban J connectivity index is 1.58. The highest BCUT2D eigenvalue weighted by Gasteiger charge is 2.24. The second-order valence-corrected chi connectivity index (χ2v) is 7.94. The maximum atomic E-state index is 12.7. The van der Waals surface area contributed by atoms with Gasteiger partial charge in [-0.2, -0.15) is 0 Å². The van der Waals surface area contributed by atoms with Gasteiger partial charge in [-0.05, 0) is 56.8 Å². The molecule has 0 saturated carbocycles. The summed E-state index contributed by atoms with van der Waals surface area (Å²) < 4.78 is 0. The van der Waals surface area contributed by atoms with Gasteiger partial charge in [-0.15, -0.1) is 11.3 Å². The molecule has 3 rings (SSSR count). The smallest absolute Gasteiger partial charge is 0.263 e. The van der Waals surface area contributed by atoms with E-state index < -0.39 is 0 Å². The van der Waals surface area contributed by atoms with Gasteiger partial charge in [-0.25, -0.2) is 0 Å². The highest BCUT2D eigenvalue weighted by molar-refractivity contribution is 7.14. The maximum absolute atomic E-state index is 12.7. The van der Waals surface area contributed by atoms with E-state index in [-0.39, 0.29) is 5.91 Å². The van der Waals surface area contributed by atoms with Crippen molar-refractivity contribution in [1.29, 1.82) is 0 Å². The lowest BCUT2D eigenvalue weighted by atomic mass is 9.95. The van der Waals surface area contributed by atoms with E-state index in [2.05, 4.69) is 22.8 Å². The molecule has 0 spiro atoms. The summed E-state index contributed by atoms with van der Waals surface area (Å²) in [5.74, 6) is 0.957. The molecule has 4 heteroatoms. The van der Waals surface area contributed by atoms with Crippen LogP contribution < -0.4 is 0 Å². The molecule has 0 unspecified atom stereocenters. The Bertz CT molecular complexity index is 493. The first-order chi connectivity index (χ1) is 10.8. The fraction of sp³-hybridized carbons (Fsp3) is 0.722. The molecule has 3 heterocycles. The molecule has 2 saturated heterocycles. The predicted octanol–water partition coefficient (Wildman–Crippen LogP) is 4.00. The lowest BCUT2D eigenvalue weighted by Gasteiger charge is -2.32. The zero-order valence-electron chi connectivity index (χ0n) is 13.7. The van der Waals surface area contributed by atoms with Crippen LogP contribution in [-0.2, 0) is 6.54 Å². The highest BCUT2D eigenvalue weighted by atomic mass is 32.1. The van der Waals surface area contributed by atoms with Crippen molar-refractivity contribution >= 4 is 17.2 Å². The quantitative estimate of drug-likeness (QED) is 0.837. The molecule has 2 aliphatic rings. The van der Waals surface area contributed by atoms with Crippen LogP contribution >= 0.6 is 11.3 Å². The minimum absolute atomic E-state index is 0.257. The number of likely N-dealkylation sites (tertiary alicyclic amines) is 2. The van der Waals surface area contributed by atoms with Crippen molar-refractivity contribution in [3.8, 4) is 0 Å². The Morgan fingerprint density at radius 3 is 2.77 bits per heavy atom. The molecular weight excluding hydrogens is 292 g/mol. The summed E-state index contributed by atoms with van der Waals surface area (Å²) in [4.78, 5) is 19.6. The molecule has 122 valence electrons. The molecule has 0 aliphatic carbocycles. The number of nitrogens with zero attached hydrogens (tertiary/aromatic N) is 2. The zero-order valence-corrected chi connectivity index (χ0v) is 14.5. The average molecular weight is 321 g/mol. The van der Waals surface area contributed by atoms with Crippen LogP contribution in [0.25, 0.3) is 0 Å². The van der Waals surface area contributed by atoms with Crippen molar-refractivity contribution in [2.24, 2.45) is 5.92 Å². The Labute approximate surface area is 138 Å². The van der Waals surface area contributed by atoms with E-state index in [1.54, 1.807) is 11.3 Å². The number of carbonyl (C=O) groups is 1. The first kappa shape index (κ1) is 16.0. The molecule has 1 aromatic heterocycles. The summed E-state index contributed by atoms with van der Waals surface area (Å²) in [6.45, 7) is 7.58. The lowest BCUT2D eigenvalue weighted by Crippen LogP contribution is -2.39. The highest BCUT2D eigenvalue weighted by Crippen LogP contribution is 2.25. The largest absolute Gasteiger partial charge is 0.338 e. The van der Waals surface area contributed by atoms with Crippen LogP contribution in [0.2, 0.25) is 0 Å². The Morgan fingerprint density at radius 1 is 1.18 bits per heavy atom. The van der Waals surface area contributed by atoms with Gasteiger partial charge in [-0.3, -0.25) is 9.69 Å². The van der Waals surface area contributed by atoms with E-state index >= 15 is 0 Å². The molecule has 22 heavy (non-hydrogen) atoms. The van der Waals surface area contributed by atoms with E-state index in [0.717, 1.165) is 30.9 Å². The maximum Gasteiger partial charge on any atom is 0.263 e. The van der Waals surface area contributed by atoms with Gasteiger partial charge in [0, 0.05) is 24.5 Å². The van der Waals surface area contributed by atoms with Crippen molar-refractivity contribution in [2.45, 2.75) is 52.0 Å². The summed E-state index contributed by atoms with van der Waals surface area (Å²) in [6.07, 6.45) is 7.65. The van der Waals surface area contributed by atoms with Gasteiger partial charge in [0.05, 0.1) is 4.88 Å². The number of amides is 1. The molecule has 2 fully saturated rings. The van der Waals surface area contributed by atoms with Crippen molar-refractivity contribution < 1.29 is 4.79 Å². The second-order valence-electron chi connectivity index (χ2n) is 6.77. The van der Waals surface area contributed by atoms with Gasteiger partial charge in [0.1, 0.15) is 0 Å². The predicted molar refractivity (Wildman–Crippen MR) is 92.4 cm³/mol. The summed E-state index contributed by atoms with van der Waals surface area (Å²) in [6, 6.07) is 4.20. The molecule has 1 atom stereocenters. The first-order valence-electron chi connectivity index (χ1n) is 8.86. The van der Waals surface area contributed by atoms with E-state index in [4.69, 9.17) is 0 Å². The summed E-state index contributed by atoms with van der Waals surface area (Å²) in [5.41, 5.74) is 0. The number of carbonyl (C=O) groups excluding carboxylic acids is 1. The van der Waals surface area contributed by atoms with E-state index in [9.17, 15) is 4.79 Å². The molecule has 0 radical (unpaired) electrons. The van der Waals surface area contributed by atoms with Crippen LogP contribution in [0.3, 0.4) is 0 Å². The fourth-order valence-corrected chi connectivity index (χ4v) is 4.67. The summed E-state index contributed by atoms with van der Waals surface area (Å²) in [7, 11) is 0. The van der Waals surface area contributed by atoms with Crippen molar-refractivity contribution in [2.75, 3.05) is 26.2 Å². The summed E-state index contributed by atoms with van der Waals surface area (Å²) >= 11 is 1.70. The molecule has 3 nitrogen and oxygen atoms in total. The number of hydrogen-bond acceptors (Lipinski definition) is 3. The van der Waals surface area contributed by atoms with Gasteiger partial charge < -0.3 is 4.90 Å². The first-order valence-corrected chi connectivity index (χ1v) is 9.68.